The maximum Gasteiger partial charge on any atom is 0.407 e. The Morgan fingerprint density at radius 1 is 1.03 bits per heavy atom. The molecule has 0 saturated heterocycles. The molecule has 2 aromatic rings. The standard InChI is InChI=1S/C23H31N3O3/c1-16(2)13-14-24-21(27)20-12-8-11-19(26-20)18-10-7-6-9-17(18)15-25-22(28)29-23(3,4)5/h6-12,16H,13-15H2,1-5H3,(H,24,27)(H,25,28). The Kier molecular flexibility index (Phi) is 7.76. The lowest BCUT2D eigenvalue weighted by Gasteiger charge is -2.20. The van der Waals surface area contributed by atoms with Gasteiger partial charge >= 0.3 is 6.09 Å². The molecule has 0 fully saturated rings. The number of amides is 2. The van der Waals surface area contributed by atoms with E-state index in [1.165, 1.54) is 0 Å². The molecule has 0 atom stereocenters. The Morgan fingerprint density at radius 2 is 1.76 bits per heavy atom. The van der Waals surface area contributed by atoms with Gasteiger partial charge in [-0.25, -0.2) is 9.78 Å². The minimum atomic E-state index is -0.553. The van der Waals surface area contributed by atoms with Crippen LogP contribution in [0, 0.1) is 5.92 Å². The van der Waals surface area contributed by atoms with Crippen LogP contribution in [0.5, 0.6) is 0 Å². The number of benzene rings is 1. The van der Waals surface area contributed by atoms with Crippen LogP contribution in [0.4, 0.5) is 4.79 Å². The predicted octanol–water partition coefficient (Wildman–Crippen LogP) is 4.55. The summed E-state index contributed by atoms with van der Waals surface area (Å²) in [6, 6.07) is 13.0. The Balaban J connectivity index is 2.12. The van der Waals surface area contributed by atoms with E-state index in [-0.39, 0.29) is 5.91 Å². The van der Waals surface area contributed by atoms with E-state index in [1.54, 1.807) is 6.07 Å². The van der Waals surface area contributed by atoms with E-state index in [1.807, 2.05) is 57.2 Å². The third-order valence-corrected chi connectivity index (χ3v) is 4.10. The highest BCUT2D eigenvalue weighted by molar-refractivity contribution is 5.92. The van der Waals surface area contributed by atoms with Crippen molar-refractivity contribution >= 4 is 12.0 Å². The zero-order chi connectivity index (χ0) is 21.4. The number of alkyl carbamates (subject to hydrolysis) is 1. The minimum absolute atomic E-state index is 0.183. The third kappa shape index (κ3) is 7.56. The molecule has 1 aromatic carbocycles. The number of carbonyl (C=O) groups excluding carboxylic acids is 2. The molecule has 0 spiro atoms. The van der Waals surface area contributed by atoms with Gasteiger partial charge in [-0.15, -0.1) is 0 Å². The maximum absolute atomic E-state index is 12.4. The molecular weight excluding hydrogens is 366 g/mol. The molecule has 0 saturated carbocycles. The monoisotopic (exact) mass is 397 g/mol. The Bertz CT molecular complexity index is 841. The van der Waals surface area contributed by atoms with E-state index >= 15 is 0 Å². The molecule has 0 unspecified atom stereocenters. The molecule has 2 amide bonds. The Morgan fingerprint density at radius 3 is 2.45 bits per heavy atom. The third-order valence-electron chi connectivity index (χ3n) is 4.10. The second-order valence-electron chi connectivity index (χ2n) is 8.36. The van der Waals surface area contributed by atoms with Crippen molar-refractivity contribution in [3.05, 3.63) is 53.7 Å². The number of pyridine rings is 1. The van der Waals surface area contributed by atoms with Gasteiger partial charge in [0.1, 0.15) is 11.3 Å². The summed E-state index contributed by atoms with van der Waals surface area (Å²) in [5.41, 5.74) is 2.26. The lowest BCUT2D eigenvalue weighted by Crippen LogP contribution is -2.32. The Hall–Kier alpha value is -2.89. The summed E-state index contributed by atoms with van der Waals surface area (Å²) in [7, 11) is 0. The summed E-state index contributed by atoms with van der Waals surface area (Å²) < 4.78 is 5.29. The van der Waals surface area contributed by atoms with E-state index in [2.05, 4.69) is 29.5 Å². The molecule has 156 valence electrons. The Labute approximate surface area is 173 Å². The minimum Gasteiger partial charge on any atom is -0.444 e. The van der Waals surface area contributed by atoms with Crippen LogP contribution < -0.4 is 10.6 Å². The van der Waals surface area contributed by atoms with Crippen molar-refractivity contribution in [2.45, 2.75) is 53.2 Å². The van der Waals surface area contributed by atoms with Crippen LogP contribution in [0.2, 0.25) is 0 Å². The van der Waals surface area contributed by atoms with Gasteiger partial charge < -0.3 is 15.4 Å². The van der Waals surface area contributed by atoms with Gasteiger partial charge in [0.2, 0.25) is 0 Å². The lowest BCUT2D eigenvalue weighted by molar-refractivity contribution is 0.0523. The molecule has 2 N–H and O–H groups in total. The summed E-state index contributed by atoms with van der Waals surface area (Å²) >= 11 is 0. The second kappa shape index (κ2) is 10.0. The topological polar surface area (TPSA) is 80.3 Å². The van der Waals surface area contributed by atoms with Crippen LogP contribution >= 0.6 is 0 Å². The van der Waals surface area contributed by atoms with Crippen LogP contribution in [0.15, 0.2) is 42.5 Å². The molecule has 0 aliphatic rings. The number of rotatable bonds is 7. The molecule has 2 rings (SSSR count). The molecule has 0 radical (unpaired) electrons. The fourth-order valence-corrected chi connectivity index (χ4v) is 2.68. The molecule has 0 aliphatic heterocycles. The van der Waals surface area contributed by atoms with Crippen molar-refractivity contribution in [2.24, 2.45) is 5.92 Å². The molecular formula is C23H31N3O3. The number of carbonyl (C=O) groups is 2. The highest BCUT2D eigenvalue weighted by Gasteiger charge is 2.17. The zero-order valence-corrected chi connectivity index (χ0v) is 17.9. The van der Waals surface area contributed by atoms with Gasteiger partial charge in [-0.2, -0.15) is 0 Å². The highest BCUT2D eigenvalue weighted by atomic mass is 16.6. The molecule has 1 aromatic heterocycles. The first kappa shape index (κ1) is 22.4. The van der Waals surface area contributed by atoms with Crippen LogP contribution in [0.25, 0.3) is 11.3 Å². The van der Waals surface area contributed by atoms with E-state index in [0.717, 1.165) is 17.5 Å². The SMILES string of the molecule is CC(C)CCNC(=O)c1cccc(-c2ccccc2CNC(=O)OC(C)(C)C)n1. The van der Waals surface area contributed by atoms with Crippen molar-refractivity contribution in [1.29, 1.82) is 0 Å². The largest absolute Gasteiger partial charge is 0.444 e. The first-order valence-electron chi connectivity index (χ1n) is 9.96. The average Bonchev–Trinajstić information content (AvgIpc) is 2.65. The van der Waals surface area contributed by atoms with Crippen molar-refractivity contribution < 1.29 is 14.3 Å². The van der Waals surface area contributed by atoms with E-state index in [4.69, 9.17) is 4.74 Å². The predicted molar refractivity (Wildman–Crippen MR) is 115 cm³/mol. The van der Waals surface area contributed by atoms with Gasteiger partial charge in [0.25, 0.3) is 5.91 Å². The molecule has 1 heterocycles. The molecule has 0 aliphatic carbocycles. The average molecular weight is 398 g/mol. The number of hydrogen-bond acceptors (Lipinski definition) is 4. The number of nitrogens with zero attached hydrogens (tertiary/aromatic N) is 1. The second-order valence-corrected chi connectivity index (χ2v) is 8.36. The molecule has 0 bridgehead atoms. The quantitative estimate of drug-likeness (QED) is 0.718. The van der Waals surface area contributed by atoms with Gasteiger partial charge in [-0.1, -0.05) is 44.2 Å². The van der Waals surface area contributed by atoms with Gasteiger partial charge in [0.05, 0.1) is 5.69 Å². The molecule has 6 heteroatoms. The van der Waals surface area contributed by atoms with Crippen molar-refractivity contribution in [2.75, 3.05) is 6.54 Å². The number of aromatic nitrogens is 1. The number of nitrogens with one attached hydrogen (secondary N) is 2. The van der Waals surface area contributed by atoms with Crippen LogP contribution in [0.1, 0.15) is 57.1 Å². The van der Waals surface area contributed by atoms with E-state index in [9.17, 15) is 9.59 Å². The molecule has 29 heavy (non-hydrogen) atoms. The summed E-state index contributed by atoms with van der Waals surface area (Å²) in [5, 5.41) is 5.68. The van der Waals surface area contributed by atoms with Crippen molar-refractivity contribution in [3.8, 4) is 11.3 Å². The summed E-state index contributed by atoms with van der Waals surface area (Å²) in [4.78, 5) is 28.9. The summed E-state index contributed by atoms with van der Waals surface area (Å²) in [5.74, 6) is 0.343. The normalized spacial score (nSPS) is 11.2. The maximum atomic E-state index is 12.4. The van der Waals surface area contributed by atoms with E-state index in [0.29, 0.717) is 30.4 Å². The smallest absolute Gasteiger partial charge is 0.407 e. The van der Waals surface area contributed by atoms with Crippen molar-refractivity contribution in [3.63, 3.8) is 0 Å². The lowest BCUT2D eigenvalue weighted by atomic mass is 10.0. The van der Waals surface area contributed by atoms with Crippen LogP contribution in [-0.2, 0) is 11.3 Å². The summed E-state index contributed by atoms with van der Waals surface area (Å²) in [6.45, 7) is 10.6. The van der Waals surface area contributed by atoms with Gasteiger partial charge in [0.15, 0.2) is 0 Å². The van der Waals surface area contributed by atoms with Crippen LogP contribution in [0.3, 0.4) is 0 Å². The fourth-order valence-electron chi connectivity index (χ4n) is 2.68. The number of ether oxygens (including phenoxy) is 1. The first-order chi connectivity index (χ1) is 13.7. The fraction of sp³-hybridized carbons (Fsp3) is 0.435. The van der Waals surface area contributed by atoms with Gasteiger partial charge in [-0.3, -0.25) is 4.79 Å². The van der Waals surface area contributed by atoms with E-state index < -0.39 is 11.7 Å². The molecule has 6 nitrogen and oxygen atoms in total. The first-order valence-corrected chi connectivity index (χ1v) is 9.96. The zero-order valence-electron chi connectivity index (χ0n) is 17.9. The van der Waals surface area contributed by atoms with Gasteiger partial charge in [-0.05, 0) is 50.8 Å². The van der Waals surface area contributed by atoms with Crippen LogP contribution in [-0.4, -0.2) is 29.1 Å². The highest BCUT2D eigenvalue weighted by Crippen LogP contribution is 2.22. The van der Waals surface area contributed by atoms with Gasteiger partial charge in [0, 0.05) is 18.7 Å². The van der Waals surface area contributed by atoms with Crippen molar-refractivity contribution in [1.82, 2.24) is 15.6 Å². The number of hydrogen-bond donors (Lipinski definition) is 2. The summed E-state index contributed by atoms with van der Waals surface area (Å²) in [6.07, 6.45) is 0.448.